The van der Waals surface area contributed by atoms with E-state index in [1.54, 1.807) is 0 Å². The molecule has 0 amide bonds. The van der Waals surface area contributed by atoms with Crippen molar-refractivity contribution in [3.8, 4) is 45.0 Å². The second-order valence-corrected chi connectivity index (χ2v) is 14.2. The number of pyridine rings is 1. The van der Waals surface area contributed by atoms with E-state index < -0.39 is 0 Å². The number of rotatable bonds is 5. The Morgan fingerprint density at radius 2 is 1.25 bits per heavy atom. The summed E-state index contributed by atoms with van der Waals surface area (Å²) in [5.74, 6) is 0.936. The SMILES string of the molecule is C1=CCC(c2cc(-c3ccc4sc5ccc6c(-c7ccccc7)nc7ccccc7c6c5c4c3)nc(-c3cccc(-c4ccccc4)c3)n2)C=C1. The van der Waals surface area contributed by atoms with Crippen molar-refractivity contribution in [1.82, 2.24) is 15.0 Å². The summed E-state index contributed by atoms with van der Waals surface area (Å²) in [6.07, 6.45) is 9.64. The van der Waals surface area contributed by atoms with E-state index in [9.17, 15) is 0 Å². The van der Waals surface area contributed by atoms with Gasteiger partial charge in [0, 0.05) is 58.9 Å². The van der Waals surface area contributed by atoms with Gasteiger partial charge >= 0.3 is 0 Å². The maximum atomic E-state index is 5.28. The number of para-hydroxylation sites is 1. The lowest BCUT2D eigenvalue weighted by molar-refractivity contribution is 0.811. The standard InChI is InChI=1S/C47H31N3S/c1-4-13-30(14-5-1)33-19-12-20-35(27-33)47-49-40(31-15-6-2-7-16-31)29-41(50-47)34-23-25-42-38(28-34)45-43(51-42)26-24-37-44(45)36-21-10-11-22-39(36)48-46(37)32-17-8-3-9-18-32/h1-15,17-29,31H,16H2. The van der Waals surface area contributed by atoms with E-state index in [0.29, 0.717) is 0 Å². The van der Waals surface area contributed by atoms with Gasteiger partial charge in [-0.1, -0.05) is 133 Å². The van der Waals surface area contributed by atoms with Gasteiger partial charge in [0.1, 0.15) is 0 Å². The number of fused-ring (bicyclic) bond motifs is 7. The maximum Gasteiger partial charge on any atom is 0.160 e. The molecule has 1 aliphatic carbocycles. The van der Waals surface area contributed by atoms with Crippen LogP contribution in [0.15, 0.2) is 170 Å². The highest BCUT2D eigenvalue weighted by Gasteiger charge is 2.19. The Morgan fingerprint density at radius 3 is 2.10 bits per heavy atom. The third kappa shape index (κ3) is 5.24. The zero-order chi connectivity index (χ0) is 33.7. The number of aromatic nitrogens is 3. The number of allylic oxidation sites excluding steroid dienone is 4. The molecule has 240 valence electrons. The highest BCUT2D eigenvalue weighted by Crippen LogP contribution is 2.44. The summed E-state index contributed by atoms with van der Waals surface area (Å²) in [5.41, 5.74) is 9.53. The average molecular weight is 670 g/mol. The van der Waals surface area contributed by atoms with Crippen molar-refractivity contribution in [1.29, 1.82) is 0 Å². The van der Waals surface area contributed by atoms with Gasteiger partial charge in [-0.3, -0.25) is 0 Å². The van der Waals surface area contributed by atoms with Crippen LogP contribution in [0.2, 0.25) is 0 Å². The Labute approximate surface area is 299 Å². The van der Waals surface area contributed by atoms with Gasteiger partial charge in [0.2, 0.25) is 0 Å². The molecule has 0 aliphatic heterocycles. The number of thiophene rings is 1. The first-order valence-electron chi connectivity index (χ1n) is 17.4. The maximum absolute atomic E-state index is 5.28. The lowest BCUT2D eigenvalue weighted by atomic mass is 9.94. The van der Waals surface area contributed by atoms with E-state index in [2.05, 4.69) is 170 Å². The van der Waals surface area contributed by atoms with Gasteiger partial charge in [-0.25, -0.2) is 15.0 Å². The first-order chi connectivity index (χ1) is 25.3. The molecule has 1 aliphatic rings. The largest absolute Gasteiger partial charge is 0.247 e. The summed E-state index contributed by atoms with van der Waals surface area (Å²) in [6.45, 7) is 0. The molecule has 10 rings (SSSR count). The lowest BCUT2D eigenvalue weighted by Crippen LogP contribution is -2.04. The van der Waals surface area contributed by atoms with Crippen molar-refractivity contribution in [3.05, 3.63) is 176 Å². The van der Waals surface area contributed by atoms with Crippen LogP contribution in [0.4, 0.5) is 0 Å². The van der Waals surface area contributed by atoms with E-state index >= 15 is 0 Å². The molecular weight excluding hydrogens is 639 g/mol. The van der Waals surface area contributed by atoms with E-state index in [1.807, 2.05) is 11.3 Å². The second kappa shape index (κ2) is 12.3. The van der Waals surface area contributed by atoms with Crippen LogP contribution < -0.4 is 0 Å². The number of hydrogen-bond acceptors (Lipinski definition) is 4. The average Bonchev–Trinajstić information content (AvgIpc) is 3.59. The predicted octanol–water partition coefficient (Wildman–Crippen LogP) is 12.8. The Hall–Kier alpha value is -6.23. The van der Waals surface area contributed by atoms with Gasteiger partial charge in [-0.15, -0.1) is 11.3 Å². The topological polar surface area (TPSA) is 38.7 Å². The molecule has 3 aromatic heterocycles. The van der Waals surface area contributed by atoms with Crippen molar-refractivity contribution < 1.29 is 0 Å². The highest BCUT2D eigenvalue weighted by atomic mass is 32.1. The minimum absolute atomic E-state index is 0.192. The zero-order valence-electron chi connectivity index (χ0n) is 27.7. The molecule has 0 bridgehead atoms. The molecule has 0 N–H and O–H groups in total. The summed E-state index contributed by atoms with van der Waals surface area (Å²) in [7, 11) is 0. The fraction of sp³-hybridized carbons (Fsp3) is 0.0426. The number of benzene rings is 6. The minimum Gasteiger partial charge on any atom is -0.247 e. The first-order valence-corrected chi connectivity index (χ1v) is 18.2. The molecule has 51 heavy (non-hydrogen) atoms. The molecule has 4 heteroatoms. The molecule has 1 unspecified atom stereocenters. The number of nitrogens with zero attached hydrogens (tertiary/aromatic N) is 3. The second-order valence-electron chi connectivity index (χ2n) is 13.1. The molecule has 0 saturated carbocycles. The van der Waals surface area contributed by atoms with Gasteiger partial charge < -0.3 is 0 Å². The van der Waals surface area contributed by atoms with Crippen molar-refractivity contribution in [3.63, 3.8) is 0 Å². The zero-order valence-corrected chi connectivity index (χ0v) is 28.5. The quantitative estimate of drug-likeness (QED) is 0.171. The summed E-state index contributed by atoms with van der Waals surface area (Å²) in [4.78, 5) is 15.7. The molecule has 0 saturated heterocycles. The summed E-state index contributed by atoms with van der Waals surface area (Å²) < 4.78 is 2.53. The van der Waals surface area contributed by atoms with Crippen molar-refractivity contribution in [2.24, 2.45) is 0 Å². The smallest absolute Gasteiger partial charge is 0.160 e. The van der Waals surface area contributed by atoms with Gasteiger partial charge in [-0.2, -0.15) is 0 Å². The van der Waals surface area contributed by atoms with Crippen molar-refractivity contribution >= 4 is 53.2 Å². The van der Waals surface area contributed by atoms with Gasteiger partial charge in [0.15, 0.2) is 5.82 Å². The van der Waals surface area contributed by atoms with Gasteiger partial charge in [0.25, 0.3) is 0 Å². The van der Waals surface area contributed by atoms with Crippen LogP contribution >= 0.6 is 11.3 Å². The molecule has 3 heterocycles. The molecule has 1 atom stereocenters. The van der Waals surface area contributed by atoms with Crippen LogP contribution in [0.25, 0.3) is 86.9 Å². The van der Waals surface area contributed by atoms with Crippen molar-refractivity contribution in [2.45, 2.75) is 12.3 Å². The molecule has 6 aromatic carbocycles. The van der Waals surface area contributed by atoms with Crippen molar-refractivity contribution in [2.75, 3.05) is 0 Å². The van der Waals surface area contributed by atoms with Gasteiger partial charge in [0.05, 0.1) is 22.6 Å². The molecule has 3 nitrogen and oxygen atoms in total. The Bertz CT molecular complexity index is 2830. The highest BCUT2D eigenvalue weighted by molar-refractivity contribution is 7.26. The van der Waals surface area contributed by atoms with E-state index in [1.165, 1.54) is 41.9 Å². The third-order valence-corrected chi connectivity index (χ3v) is 11.1. The minimum atomic E-state index is 0.192. The molecule has 0 fully saturated rings. The molecule has 0 spiro atoms. The van der Waals surface area contributed by atoms with Crippen LogP contribution in [0.3, 0.4) is 0 Å². The normalized spacial score (nSPS) is 14.2. The Kier molecular flexibility index (Phi) is 7.14. The molecule has 0 radical (unpaired) electrons. The lowest BCUT2D eigenvalue weighted by Gasteiger charge is -2.16. The molecular formula is C47H31N3S. The summed E-state index contributed by atoms with van der Waals surface area (Å²) in [5, 5.41) is 6.10. The monoisotopic (exact) mass is 669 g/mol. The Morgan fingerprint density at radius 1 is 0.490 bits per heavy atom. The van der Waals surface area contributed by atoms with Crippen LogP contribution in [0, 0.1) is 0 Å². The van der Waals surface area contributed by atoms with E-state index in [0.717, 1.165) is 57.1 Å². The summed E-state index contributed by atoms with van der Waals surface area (Å²) >= 11 is 1.85. The predicted molar refractivity (Wildman–Crippen MR) is 215 cm³/mol. The Balaban J connectivity index is 1.20. The van der Waals surface area contributed by atoms with Crippen LogP contribution in [0.1, 0.15) is 18.0 Å². The third-order valence-electron chi connectivity index (χ3n) is 9.97. The van der Waals surface area contributed by atoms with Crippen LogP contribution in [-0.2, 0) is 0 Å². The number of hydrogen-bond donors (Lipinski definition) is 0. The summed E-state index contributed by atoms with van der Waals surface area (Å²) in [6, 6.07) is 51.7. The fourth-order valence-corrected chi connectivity index (χ4v) is 8.58. The van der Waals surface area contributed by atoms with Gasteiger partial charge in [-0.05, 0) is 53.9 Å². The fourth-order valence-electron chi connectivity index (χ4n) is 7.49. The first kappa shape index (κ1) is 29.7. The van der Waals surface area contributed by atoms with E-state index in [-0.39, 0.29) is 5.92 Å². The van der Waals surface area contributed by atoms with Crippen LogP contribution in [-0.4, -0.2) is 15.0 Å². The molecule has 9 aromatic rings. The van der Waals surface area contributed by atoms with Crippen LogP contribution in [0.5, 0.6) is 0 Å². The van der Waals surface area contributed by atoms with E-state index in [4.69, 9.17) is 15.0 Å².